The number of rotatable bonds is 2. The van der Waals surface area contributed by atoms with E-state index in [1.54, 1.807) is 25.3 Å². The van der Waals surface area contributed by atoms with Gasteiger partial charge in [0.05, 0.1) is 23.8 Å². The molecule has 1 amide bonds. The standard InChI is InChI=1S/C14H18BrNO3/c1-9-7-16(8-10(2)19-9)14(17)11-4-5-13(18-3)12(15)6-11/h4-6,9-10H,7-8H2,1-3H3/t9-,10-/m1/s1. The topological polar surface area (TPSA) is 38.8 Å². The molecule has 1 fully saturated rings. The monoisotopic (exact) mass is 327 g/mol. The lowest BCUT2D eigenvalue weighted by molar-refractivity contribution is -0.0586. The van der Waals surface area contributed by atoms with Gasteiger partial charge in [0.25, 0.3) is 5.91 Å². The van der Waals surface area contributed by atoms with Crippen molar-refractivity contribution in [3.63, 3.8) is 0 Å². The van der Waals surface area contributed by atoms with Gasteiger partial charge in [-0.2, -0.15) is 0 Å². The number of ether oxygens (including phenoxy) is 2. The lowest BCUT2D eigenvalue weighted by atomic mass is 10.1. The molecule has 0 aromatic heterocycles. The van der Waals surface area contributed by atoms with Gasteiger partial charge in [0, 0.05) is 18.7 Å². The van der Waals surface area contributed by atoms with Crippen molar-refractivity contribution < 1.29 is 14.3 Å². The van der Waals surface area contributed by atoms with E-state index in [2.05, 4.69) is 15.9 Å². The van der Waals surface area contributed by atoms with Crippen LogP contribution < -0.4 is 4.74 Å². The molecule has 1 aromatic carbocycles. The second-order valence-electron chi connectivity index (χ2n) is 4.82. The van der Waals surface area contributed by atoms with Gasteiger partial charge < -0.3 is 14.4 Å². The van der Waals surface area contributed by atoms with E-state index in [4.69, 9.17) is 9.47 Å². The zero-order valence-corrected chi connectivity index (χ0v) is 12.9. The molecule has 0 spiro atoms. The van der Waals surface area contributed by atoms with Crippen LogP contribution in [0.1, 0.15) is 24.2 Å². The van der Waals surface area contributed by atoms with E-state index in [0.717, 1.165) is 10.2 Å². The Morgan fingerprint density at radius 2 is 2.00 bits per heavy atom. The van der Waals surface area contributed by atoms with Crippen molar-refractivity contribution in [3.8, 4) is 5.75 Å². The highest BCUT2D eigenvalue weighted by molar-refractivity contribution is 9.10. The Balaban J connectivity index is 2.17. The first kappa shape index (κ1) is 14.3. The molecule has 0 bridgehead atoms. The molecular weight excluding hydrogens is 310 g/mol. The molecule has 1 aliphatic rings. The zero-order valence-electron chi connectivity index (χ0n) is 11.4. The Labute approximate surface area is 121 Å². The van der Waals surface area contributed by atoms with Crippen molar-refractivity contribution >= 4 is 21.8 Å². The molecule has 1 heterocycles. The number of methoxy groups -OCH3 is 1. The summed E-state index contributed by atoms with van der Waals surface area (Å²) in [7, 11) is 1.60. The molecule has 1 aliphatic heterocycles. The van der Waals surface area contributed by atoms with E-state index in [9.17, 15) is 4.79 Å². The van der Waals surface area contributed by atoms with Crippen LogP contribution >= 0.6 is 15.9 Å². The average molecular weight is 328 g/mol. The Morgan fingerprint density at radius 1 is 1.37 bits per heavy atom. The van der Waals surface area contributed by atoms with Crippen LogP contribution in [0.4, 0.5) is 0 Å². The Morgan fingerprint density at radius 3 is 2.53 bits per heavy atom. The first-order valence-electron chi connectivity index (χ1n) is 6.29. The van der Waals surface area contributed by atoms with Gasteiger partial charge in [-0.05, 0) is 48.0 Å². The van der Waals surface area contributed by atoms with Gasteiger partial charge in [-0.15, -0.1) is 0 Å². The molecule has 4 nitrogen and oxygen atoms in total. The highest BCUT2D eigenvalue weighted by Crippen LogP contribution is 2.26. The third-order valence-electron chi connectivity index (χ3n) is 3.11. The quantitative estimate of drug-likeness (QED) is 0.838. The average Bonchev–Trinajstić information content (AvgIpc) is 2.36. The molecule has 19 heavy (non-hydrogen) atoms. The largest absolute Gasteiger partial charge is 0.496 e. The third kappa shape index (κ3) is 3.28. The Bertz CT molecular complexity index is 468. The maximum Gasteiger partial charge on any atom is 0.254 e. The van der Waals surface area contributed by atoms with Crippen LogP contribution in [0.15, 0.2) is 22.7 Å². The van der Waals surface area contributed by atoms with Crippen molar-refractivity contribution in [1.82, 2.24) is 4.90 Å². The number of nitrogens with zero attached hydrogens (tertiary/aromatic N) is 1. The lowest BCUT2D eigenvalue weighted by Crippen LogP contribution is -2.48. The molecular formula is C14H18BrNO3. The maximum absolute atomic E-state index is 12.5. The van der Waals surface area contributed by atoms with Gasteiger partial charge in [0.2, 0.25) is 0 Å². The minimum atomic E-state index is 0.0327. The maximum atomic E-state index is 12.5. The van der Waals surface area contributed by atoms with Crippen LogP contribution in [0.2, 0.25) is 0 Å². The summed E-state index contributed by atoms with van der Waals surface area (Å²) in [6.07, 6.45) is 0.156. The molecule has 0 N–H and O–H groups in total. The van der Waals surface area contributed by atoms with Gasteiger partial charge in [-0.25, -0.2) is 0 Å². The Kier molecular flexibility index (Phi) is 4.47. The van der Waals surface area contributed by atoms with Gasteiger partial charge in [-0.3, -0.25) is 4.79 Å². The Hall–Kier alpha value is -1.07. The van der Waals surface area contributed by atoms with Crippen molar-refractivity contribution in [3.05, 3.63) is 28.2 Å². The number of amides is 1. The van der Waals surface area contributed by atoms with Crippen LogP contribution in [0, 0.1) is 0 Å². The van der Waals surface area contributed by atoms with E-state index in [1.165, 1.54) is 0 Å². The van der Waals surface area contributed by atoms with Crippen molar-refractivity contribution in [2.24, 2.45) is 0 Å². The summed E-state index contributed by atoms with van der Waals surface area (Å²) in [5.41, 5.74) is 0.661. The summed E-state index contributed by atoms with van der Waals surface area (Å²) in [6, 6.07) is 5.38. The molecule has 0 aliphatic carbocycles. The molecule has 2 atom stereocenters. The minimum absolute atomic E-state index is 0.0327. The minimum Gasteiger partial charge on any atom is -0.496 e. The van der Waals surface area contributed by atoms with Gasteiger partial charge in [0.1, 0.15) is 5.75 Å². The number of hydrogen-bond acceptors (Lipinski definition) is 3. The fraction of sp³-hybridized carbons (Fsp3) is 0.500. The third-order valence-corrected chi connectivity index (χ3v) is 3.73. The van der Waals surface area contributed by atoms with Crippen LogP contribution in [0.25, 0.3) is 0 Å². The summed E-state index contributed by atoms with van der Waals surface area (Å²) < 4.78 is 11.6. The van der Waals surface area contributed by atoms with Crippen LogP contribution in [-0.4, -0.2) is 43.2 Å². The highest BCUT2D eigenvalue weighted by Gasteiger charge is 2.26. The van der Waals surface area contributed by atoms with E-state index in [0.29, 0.717) is 18.7 Å². The second-order valence-corrected chi connectivity index (χ2v) is 5.67. The molecule has 5 heteroatoms. The van der Waals surface area contributed by atoms with Gasteiger partial charge in [-0.1, -0.05) is 0 Å². The normalized spacial score (nSPS) is 23.3. The fourth-order valence-corrected chi connectivity index (χ4v) is 2.87. The summed E-state index contributed by atoms with van der Waals surface area (Å²) in [6.45, 7) is 5.24. The zero-order chi connectivity index (χ0) is 14.0. The fourth-order valence-electron chi connectivity index (χ4n) is 2.33. The molecule has 0 radical (unpaired) electrons. The van der Waals surface area contributed by atoms with E-state index in [1.807, 2.05) is 18.7 Å². The number of benzene rings is 1. The van der Waals surface area contributed by atoms with Crippen molar-refractivity contribution in [1.29, 1.82) is 0 Å². The summed E-state index contributed by atoms with van der Waals surface area (Å²) >= 11 is 3.40. The first-order valence-corrected chi connectivity index (χ1v) is 7.09. The van der Waals surface area contributed by atoms with Crippen LogP contribution in [0.3, 0.4) is 0 Å². The predicted molar refractivity (Wildman–Crippen MR) is 76.6 cm³/mol. The van der Waals surface area contributed by atoms with Crippen molar-refractivity contribution in [2.45, 2.75) is 26.1 Å². The molecule has 0 unspecified atom stereocenters. The SMILES string of the molecule is COc1ccc(C(=O)N2C[C@@H](C)O[C@H](C)C2)cc1Br. The van der Waals surface area contributed by atoms with Crippen LogP contribution in [-0.2, 0) is 4.74 Å². The van der Waals surface area contributed by atoms with E-state index >= 15 is 0 Å². The number of carbonyl (C=O) groups is 1. The summed E-state index contributed by atoms with van der Waals surface area (Å²) in [5.74, 6) is 0.755. The summed E-state index contributed by atoms with van der Waals surface area (Å²) in [5, 5.41) is 0. The molecule has 1 saturated heterocycles. The summed E-state index contributed by atoms with van der Waals surface area (Å²) in [4.78, 5) is 14.3. The van der Waals surface area contributed by atoms with Crippen LogP contribution in [0.5, 0.6) is 5.75 Å². The predicted octanol–water partition coefficient (Wildman–Crippen LogP) is 2.71. The highest BCUT2D eigenvalue weighted by atomic mass is 79.9. The molecule has 2 rings (SSSR count). The lowest BCUT2D eigenvalue weighted by Gasteiger charge is -2.35. The van der Waals surface area contributed by atoms with Gasteiger partial charge in [0.15, 0.2) is 0 Å². The van der Waals surface area contributed by atoms with Gasteiger partial charge >= 0.3 is 0 Å². The number of hydrogen-bond donors (Lipinski definition) is 0. The molecule has 1 aromatic rings. The van der Waals surface area contributed by atoms with E-state index in [-0.39, 0.29) is 18.1 Å². The molecule has 104 valence electrons. The molecule has 0 saturated carbocycles. The first-order chi connectivity index (χ1) is 9.01. The number of carbonyl (C=O) groups excluding carboxylic acids is 1. The second kappa shape index (κ2) is 5.92. The number of halogens is 1. The van der Waals surface area contributed by atoms with Crippen molar-refractivity contribution in [2.75, 3.05) is 20.2 Å². The number of morpholine rings is 1. The smallest absolute Gasteiger partial charge is 0.254 e. The van der Waals surface area contributed by atoms with E-state index < -0.39 is 0 Å².